The van der Waals surface area contributed by atoms with Gasteiger partial charge in [0.1, 0.15) is 0 Å². The molecular weight excluding hydrogens is 236 g/mol. The van der Waals surface area contributed by atoms with Gasteiger partial charge in [-0.25, -0.2) is 4.79 Å². The Morgan fingerprint density at radius 1 is 1.56 bits per heavy atom. The first kappa shape index (κ1) is 14.9. The molecule has 1 amide bonds. The molecule has 6 heteroatoms. The molecule has 6 nitrogen and oxygen atoms in total. The first-order valence-electron chi connectivity index (χ1n) is 6.29. The van der Waals surface area contributed by atoms with Crippen molar-refractivity contribution in [1.82, 2.24) is 10.6 Å². The van der Waals surface area contributed by atoms with Crippen LogP contribution in [0.25, 0.3) is 0 Å². The van der Waals surface area contributed by atoms with Crippen molar-refractivity contribution < 1.29 is 19.4 Å². The van der Waals surface area contributed by atoms with Crippen molar-refractivity contribution in [3.8, 4) is 0 Å². The first-order valence-corrected chi connectivity index (χ1v) is 6.29. The molecule has 0 saturated carbocycles. The van der Waals surface area contributed by atoms with Crippen LogP contribution >= 0.6 is 0 Å². The highest BCUT2D eigenvalue weighted by Crippen LogP contribution is 2.30. The first-order chi connectivity index (χ1) is 8.55. The molecule has 1 rings (SSSR count). The maximum atomic E-state index is 12.3. The third kappa shape index (κ3) is 3.43. The van der Waals surface area contributed by atoms with Crippen LogP contribution < -0.4 is 10.6 Å². The zero-order valence-corrected chi connectivity index (χ0v) is 11.0. The lowest BCUT2D eigenvalue weighted by molar-refractivity contribution is -0.145. The third-order valence-corrected chi connectivity index (χ3v) is 3.57. The molecule has 1 aliphatic heterocycles. The van der Waals surface area contributed by atoms with Crippen molar-refractivity contribution in [2.75, 3.05) is 26.8 Å². The minimum absolute atomic E-state index is 0.0195. The Balaban J connectivity index is 2.68. The van der Waals surface area contributed by atoms with Gasteiger partial charge >= 0.3 is 5.97 Å². The predicted molar refractivity (Wildman–Crippen MR) is 66.3 cm³/mol. The summed E-state index contributed by atoms with van der Waals surface area (Å²) in [5.74, 6) is -1.26. The van der Waals surface area contributed by atoms with E-state index in [2.05, 4.69) is 10.6 Å². The molecule has 0 spiro atoms. The Morgan fingerprint density at radius 2 is 2.28 bits per heavy atom. The second-order valence-corrected chi connectivity index (χ2v) is 4.73. The number of nitrogens with one attached hydrogen (secondary N) is 2. The van der Waals surface area contributed by atoms with Crippen molar-refractivity contribution in [1.29, 1.82) is 0 Å². The van der Waals surface area contributed by atoms with Crippen LogP contribution in [-0.4, -0.2) is 49.8 Å². The molecule has 104 valence electrons. The normalized spacial score (nSPS) is 25.4. The molecular formula is C12H22N2O4. The Labute approximate surface area is 107 Å². The number of amides is 1. The number of hydrogen-bond acceptors (Lipinski definition) is 4. The Kier molecular flexibility index (Phi) is 5.55. The molecule has 0 bridgehead atoms. The number of hydrogen-bond donors (Lipinski definition) is 3. The smallest absolute Gasteiger partial charge is 0.328 e. The lowest BCUT2D eigenvalue weighted by Gasteiger charge is -2.36. The van der Waals surface area contributed by atoms with E-state index >= 15 is 0 Å². The fourth-order valence-corrected chi connectivity index (χ4v) is 2.28. The zero-order chi connectivity index (χ0) is 13.6. The van der Waals surface area contributed by atoms with Gasteiger partial charge in [0.05, 0.1) is 12.0 Å². The van der Waals surface area contributed by atoms with Gasteiger partial charge in [0, 0.05) is 13.7 Å². The van der Waals surface area contributed by atoms with Gasteiger partial charge in [-0.15, -0.1) is 0 Å². The van der Waals surface area contributed by atoms with E-state index in [1.165, 1.54) is 7.11 Å². The second-order valence-electron chi connectivity index (χ2n) is 4.73. The fourth-order valence-electron chi connectivity index (χ4n) is 2.28. The predicted octanol–water partition coefficient (Wildman–Crippen LogP) is -0.0180. The van der Waals surface area contributed by atoms with Crippen LogP contribution in [0.3, 0.4) is 0 Å². The van der Waals surface area contributed by atoms with Crippen LogP contribution in [0.5, 0.6) is 0 Å². The molecule has 1 aliphatic rings. The quantitative estimate of drug-likeness (QED) is 0.623. The van der Waals surface area contributed by atoms with E-state index in [9.17, 15) is 9.59 Å². The van der Waals surface area contributed by atoms with Gasteiger partial charge < -0.3 is 20.5 Å². The van der Waals surface area contributed by atoms with Gasteiger partial charge in [0.2, 0.25) is 5.91 Å². The number of carbonyl (C=O) groups is 2. The van der Waals surface area contributed by atoms with E-state index in [-0.39, 0.29) is 12.5 Å². The number of ether oxygens (including phenoxy) is 1. The average Bonchev–Trinajstić information content (AvgIpc) is 2.38. The molecule has 1 saturated heterocycles. The van der Waals surface area contributed by atoms with Crippen molar-refractivity contribution in [3.05, 3.63) is 0 Å². The van der Waals surface area contributed by atoms with Gasteiger partial charge in [0.25, 0.3) is 0 Å². The van der Waals surface area contributed by atoms with Crippen LogP contribution in [0.15, 0.2) is 0 Å². The molecule has 1 fully saturated rings. The van der Waals surface area contributed by atoms with Gasteiger partial charge in [0.15, 0.2) is 6.04 Å². The molecule has 1 heterocycles. The molecule has 0 aliphatic carbocycles. The number of piperidine rings is 1. The van der Waals surface area contributed by atoms with Crippen LogP contribution in [0.4, 0.5) is 0 Å². The topological polar surface area (TPSA) is 87.7 Å². The molecule has 0 radical (unpaired) electrons. The van der Waals surface area contributed by atoms with Gasteiger partial charge in [-0.2, -0.15) is 0 Å². The summed E-state index contributed by atoms with van der Waals surface area (Å²) in [4.78, 5) is 23.3. The maximum Gasteiger partial charge on any atom is 0.328 e. The summed E-state index contributed by atoms with van der Waals surface area (Å²) >= 11 is 0. The molecule has 2 unspecified atom stereocenters. The number of carbonyl (C=O) groups excluding carboxylic acids is 1. The van der Waals surface area contributed by atoms with Crippen molar-refractivity contribution in [3.63, 3.8) is 0 Å². The molecule has 3 N–H and O–H groups in total. The van der Waals surface area contributed by atoms with E-state index in [1.807, 2.05) is 6.92 Å². The monoisotopic (exact) mass is 258 g/mol. The summed E-state index contributed by atoms with van der Waals surface area (Å²) in [5, 5.41) is 14.8. The average molecular weight is 258 g/mol. The van der Waals surface area contributed by atoms with Crippen molar-refractivity contribution in [2.24, 2.45) is 5.41 Å². The van der Waals surface area contributed by atoms with E-state index in [4.69, 9.17) is 9.84 Å². The molecule has 0 aromatic carbocycles. The minimum atomic E-state index is -1.07. The SMILES string of the molecule is CCC1(C(=O)NC(COC)C(=O)O)CCCNC1. The lowest BCUT2D eigenvalue weighted by Crippen LogP contribution is -2.55. The highest BCUT2D eigenvalue weighted by Gasteiger charge is 2.39. The van der Waals surface area contributed by atoms with Crippen LogP contribution in [-0.2, 0) is 14.3 Å². The molecule has 0 aromatic rings. The van der Waals surface area contributed by atoms with Crippen LogP contribution in [0, 0.1) is 5.41 Å². The van der Waals surface area contributed by atoms with E-state index in [1.54, 1.807) is 0 Å². The van der Waals surface area contributed by atoms with Crippen LogP contribution in [0.1, 0.15) is 26.2 Å². The standard InChI is InChI=1S/C12H22N2O4/c1-3-12(5-4-6-13-8-12)11(17)14-9(7-18-2)10(15)16/h9,13H,3-8H2,1-2H3,(H,14,17)(H,15,16). The number of rotatable bonds is 6. The summed E-state index contributed by atoms with van der Waals surface area (Å²) in [7, 11) is 1.42. The molecule has 0 aromatic heterocycles. The van der Waals surface area contributed by atoms with Gasteiger partial charge in [-0.1, -0.05) is 6.92 Å². The summed E-state index contributed by atoms with van der Waals surface area (Å²) in [6.45, 7) is 3.46. The van der Waals surface area contributed by atoms with Gasteiger partial charge in [-0.3, -0.25) is 4.79 Å². The fraction of sp³-hybridized carbons (Fsp3) is 0.833. The number of aliphatic carboxylic acids is 1. The van der Waals surface area contributed by atoms with Crippen molar-refractivity contribution >= 4 is 11.9 Å². The van der Waals surface area contributed by atoms with E-state index < -0.39 is 17.4 Å². The highest BCUT2D eigenvalue weighted by molar-refractivity contribution is 5.87. The molecule has 18 heavy (non-hydrogen) atoms. The molecule has 2 atom stereocenters. The summed E-state index contributed by atoms with van der Waals surface area (Å²) < 4.78 is 4.81. The minimum Gasteiger partial charge on any atom is -0.480 e. The number of methoxy groups -OCH3 is 1. The van der Waals surface area contributed by atoms with Gasteiger partial charge in [-0.05, 0) is 25.8 Å². The van der Waals surface area contributed by atoms with E-state index in [0.717, 1.165) is 19.4 Å². The number of carboxylic acids is 1. The maximum absolute atomic E-state index is 12.3. The summed E-state index contributed by atoms with van der Waals surface area (Å²) in [6, 6.07) is -0.979. The highest BCUT2D eigenvalue weighted by atomic mass is 16.5. The summed E-state index contributed by atoms with van der Waals surface area (Å²) in [5.41, 5.74) is -0.486. The zero-order valence-electron chi connectivity index (χ0n) is 11.0. The number of carboxylic acid groups (broad SMARTS) is 1. The third-order valence-electron chi connectivity index (χ3n) is 3.57. The van der Waals surface area contributed by atoms with Crippen molar-refractivity contribution in [2.45, 2.75) is 32.2 Å². The summed E-state index contributed by atoms with van der Waals surface area (Å²) in [6.07, 6.45) is 2.43. The Morgan fingerprint density at radius 3 is 2.72 bits per heavy atom. The lowest BCUT2D eigenvalue weighted by atomic mass is 9.77. The Hall–Kier alpha value is -1.14. The Bertz CT molecular complexity index is 300. The largest absolute Gasteiger partial charge is 0.480 e. The van der Waals surface area contributed by atoms with Crippen LogP contribution in [0.2, 0.25) is 0 Å². The second kappa shape index (κ2) is 6.70. The van der Waals surface area contributed by atoms with E-state index in [0.29, 0.717) is 13.0 Å².